The van der Waals surface area contributed by atoms with Gasteiger partial charge in [-0.05, 0) is 76.8 Å². The number of carbonyl (C=O) groups is 2. The third kappa shape index (κ3) is 7.42. The molecule has 1 aliphatic carbocycles. The number of rotatable bonds is 16. The summed E-state index contributed by atoms with van der Waals surface area (Å²) in [6.07, 6.45) is 12.2. The second-order valence-electron chi connectivity index (χ2n) is 10.2. The van der Waals surface area contributed by atoms with Crippen LogP contribution >= 0.6 is 0 Å². The highest BCUT2D eigenvalue weighted by molar-refractivity contribution is 5.77. The van der Waals surface area contributed by atoms with Crippen molar-refractivity contribution in [2.24, 2.45) is 10.8 Å². The first kappa shape index (κ1) is 26.0. The zero-order valence-electron chi connectivity index (χ0n) is 19.7. The molecule has 0 spiro atoms. The maximum absolute atomic E-state index is 11.2. The number of phenols is 2. The SMILES string of the molecule is CC(C)(CCCCCCc1ccc(O)c(O)c1CCCCCCC1(C(=O)O)CC1)C(=O)O. The Labute approximate surface area is 191 Å². The summed E-state index contributed by atoms with van der Waals surface area (Å²) in [5.74, 6) is -1.52. The van der Waals surface area contributed by atoms with Crippen LogP contribution in [0.4, 0.5) is 0 Å². The summed E-state index contributed by atoms with van der Waals surface area (Å²) in [4.78, 5) is 22.4. The van der Waals surface area contributed by atoms with Crippen LogP contribution in [0, 0.1) is 10.8 Å². The van der Waals surface area contributed by atoms with Crippen LogP contribution in [-0.2, 0) is 22.4 Å². The van der Waals surface area contributed by atoms with Crippen LogP contribution in [0.15, 0.2) is 12.1 Å². The van der Waals surface area contributed by atoms with E-state index in [4.69, 9.17) is 0 Å². The zero-order valence-corrected chi connectivity index (χ0v) is 19.7. The molecule has 1 fully saturated rings. The van der Waals surface area contributed by atoms with Crippen molar-refractivity contribution in [3.05, 3.63) is 23.3 Å². The van der Waals surface area contributed by atoms with E-state index in [1.165, 1.54) is 0 Å². The van der Waals surface area contributed by atoms with Crippen molar-refractivity contribution in [1.82, 2.24) is 0 Å². The maximum atomic E-state index is 11.2. The molecule has 1 aromatic rings. The molecule has 1 aromatic carbocycles. The van der Waals surface area contributed by atoms with Gasteiger partial charge in [-0.25, -0.2) is 0 Å². The van der Waals surface area contributed by atoms with Crippen LogP contribution in [0.5, 0.6) is 11.5 Å². The molecular weight excluding hydrogens is 408 g/mol. The minimum atomic E-state index is -0.754. The van der Waals surface area contributed by atoms with Crippen molar-refractivity contribution in [2.75, 3.05) is 0 Å². The van der Waals surface area contributed by atoms with Gasteiger partial charge < -0.3 is 20.4 Å². The predicted molar refractivity (Wildman–Crippen MR) is 124 cm³/mol. The number of phenolic OH excluding ortho intramolecular Hbond substituents is 2. The molecule has 0 saturated heterocycles. The highest BCUT2D eigenvalue weighted by atomic mass is 16.4. The molecule has 0 aliphatic heterocycles. The number of benzene rings is 1. The molecule has 0 radical (unpaired) electrons. The van der Waals surface area contributed by atoms with Gasteiger partial charge in [-0.1, -0.05) is 44.6 Å². The summed E-state index contributed by atoms with van der Waals surface area (Å²) in [6, 6.07) is 3.44. The van der Waals surface area contributed by atoms with Crippen LogP contribution in [0.3, 0.4) is 0 Å². The van der Waals surface area contributed by atoms with Crippen molar-refractivity contribution in [3.8, 4) is 11.5 Å². The molecule has 0 aromatic heterocycles. The lowest BCUT2D eigenvalue weighted by Gasteiger charge is -2.18. The molecule has 0 bridgehead atoms. The lowest BCUT2D eigenvalue weighted by atomic mass is 9.87. The van der Waals surface area contributed by atoms with Gasteiger partial charge in [0, 0.05) is 5.56 Å². The van der Waals surface area contributed by atoms with Gasteiger partial charge in [-0.15, -0.1) is 0 Å². The van der Waals surface area contributed by atoms with Gasteiger partial charge in [0.25, 0.3) is 0 Å². The average molecular weight is 449 g/mol. The van der Waals surface area contributed by atoms with E-state index in [0.29, 0.717) is 12.8 Å². The molecule has 4 N–H and O–H groups in total. The van der Waals surface area contributed by atoms with Crippen LogP contribution in [0.1, 0.15) is 102 Å². The number of aliphatic carboxylic acids is 2. The first-order valence-corrected chi connectivity index (χ1v) is 12.1. The molecular formula is C26H40O6. The Bertz CT molecular complexity index is 779. The highest BCUT2D eigenvalue weighted by Gasteiger charge is 2.49. The summed E-state index contributed by atoms with van der Waals surface area (Å²) in [5.41, 5.74) is 0.762. The fourth-order valence-corrected chi connectivity index (χ4v) is 4.36. The second kappa shape index (κ2) is 11.6. The van der Waals surface area contributed by atoms with Gasteiger partial charge in [0.05, 0.1) is 10.8 Å². The molecule has 2 rings (SSSR count). The van der Waals surface area contributed by atoms with Crippen molar-refractivity contribution in [1.29, 1.82) is 0 Å². The van der Waals surface area contributed by atoms with Gasteiger partial charge >= 0.3 is 11.9 Å². The summed E-state index contributed by atoms with van der Waals surface area (Å²) in [6.45, 7) is 3.52. The maximum Gasteiger partial charge on any atom is 0.309 e. The number of aryl methyl sites for hydroxylation is 1. The fourth-order valence-electron chi connectivity index (χ4n) is 4.36. The average Bonchev–Trinajstić information content (AvgIpc) is 3.52. The van der Waals surface area contributed by atoms with Crippen LogP contribution < -0.4 is 0 Å². The van der Waals surface area contributed by atoms with Crippen molar-refractivity contribution < 1.29 is 30.0 Å². The van der Waals surface area contributed by atoms with E-state index in [2.05, 4.69) is 0 Å². The quantitative estimate of drug-likeness (QED) is 0.180. The largest absolute Gasteiger partial charge is 0.504 e. The highest BCUT2D eigenvalue weighted by Crippen LogP contribution is 2.50. The molecule has 1 aliphatic rings. The third-order valence-corrected chi connectivity index (χ3v) is 7.07. The number of unbranched alkanes of at least 4 members (excludes halogenated alkanes) is 6. The van der Waals surface area contributed by atoms with Gasteiger partial charge in [-0.2, -0.15) is 0 Å². The van der Waals surface area contributed by atoms with E-state index in [-0.39, 0.29) is 11.5 Å². The lowest BCUT2D eigenvalue weighted by Crippen LogP contribution is -2.23. The van der Waals surface area contributed by atoms with Gasteiger partial charge in [0.2, 0.25) is 0 Å². The molecule has 180 valence electrons. The minimum absolute atomic E-state index is 0.0199. The first-order valence-electron chi connectivity index (χ1n) is 12.1. The van der Waals surface area contributed by atoms with E-state index in [9.17, 15) is 30.0 Å². The topological polar surface area (TPSA) is 115 Å². The number of carboxylic acids is 2. The zero-order chi connectivity index (χ0) is 23.8. The van der Waals surface area contributed by atoms with Crippen molar-refractivity contribution in [2.45, 2.75) is 104 Å². The smallest absolute Gasteiger partial charge is 0.309 e. The Morgan fingerprint density at radius 1 is 0.875 bits per heavy atom. The first-order chi connectivity index (χ1) is 15.1. The summed E-state index contributed by atoms with van der Waals surface area (Å²) >= 11 is 0. The molecule has 0 heterocycles. The lowest BCUT2D eigenvalue weighted by molar-refractivity contribution is -0.147. The standard InChI is InChI=1S/C26H40O6/c1-25(2,23(29)30)15-9-5-3-7-11-19-13-14-21(27)22(28)20(19)12-8-4-6-10-16-26(17-18-26)24(31)32/h13-14,27-28H,3-12,15-18H2,1-2H3,(H,29,30)(H,31,32). The van der Waals surface area contributed by atoms with Crippen LogP contribution in [0.25, 0.3) is 0 Å². The summed E-state index contributed by atoms with van der Waals surface area (Å²) in [5, 5.41) is 38.7. The number of carboxylic acid groups (broad SMARTS) is 2. The molecule has 6 nitrogen and oxygen atoms in total. The molecule has 0 unspecified atom stereocenters. The van der Waals surface area contributed by atoms with E-state index in [1.54, 1.807) is 19.9 Å². The predicted octanol–water partition coefficient (Wildman–Crippen LogP) is 6.06. The van der Waals surface area contributed by atoms with Crippen LogP contribution in [-0.4, -0.2) is 32.4 Å². The Balaban J connectivity index is 1.72. The summed E-state index contributed by atoms with van der Waals surface area (Å²) < 4.78 is 0. The van der Waals surface area contributed by atoms with Crippen molar-refractivity contribution in [3.63, 3.8) is 0 Å². The molecule has 0 atom stereocenters. The van der Waals surface area contributed by atoms with E-state index in [1.807, 2.05) is 6.07 Å². The monoisotopic (exact) mass is 448 g/mol. The Hall–Kier alpha value is -2.24. The molecule has 0 amide bonds. The number of hydrogen-bond acceptors (Lipinski definition) is 4. The number of hydrogen-bond donors (Lipinski definition) is 4. The minimum Gasteiger partial charge on any atom is -0.504 e. The Morgan fingerprint density at radius 3 is 2.06 bits per heavy atom. The van der Waals surface area contributed by atoms with E-state index < -0.39 is 22.8 Å². The van der Waals surface area contributed by atoms with E-state index in [0.717, 1.165) is 88.2 Å². The van der Waals surface area contributed by atoms with Gasteiger partial charge in [0.15, 0.2) is 11.5 Å². The van der Waals surface area contributed by atoms with Crippen LogP contribution in [0.2, 0.25) is 0 Å². The van der Waals surface area contributed by atoms with Gasteiger partial charge in [0.1, 0.15) is 0 Å². The second-order valence-corrected chi connectivity index (χ2v) is 10.2. The molecule has 1 saturated carbocycles. The van der Waals surface area contributed by atoms with Crippen molar-refractivity contribution >= 4 is 11.9 Å². The molecule has 6 heteroatoms. The normalized spacial score (nSPS) is 14.9. The summed E-state index contributed by atoms with van der Waals surface area (Å²) in [7, 11) is 0. The van der Waals surface area contributed by atoms with Gasteiger partial charge in [-0.3, -0.25) is 9.59 Å². The molecule has 32 heavy (non-hydrogen) atoms. The number of aromatic hydroxyl groups is 2. The Morgan fingerprint density at radius 2 is 1.47 bits per heavy atom. The fraction of sp³-hybridized carbons (Fsp3) is 0.692. The van der Waals surface area contributed by atoms with E-state index >= 15 is 0 Å². The Kier molecular flexibility index (Phi) is 9.41. The third-order valence-electron chi connectivity index (χ3n) is 7.07.